The van der Waals surface area contributed by atoms with Crippen molar-refractivity contribution in [3.63, 3.8) is 0 Å². The minimum atomic E-state index is -0.546. The van der Waals surface area contributed by atoms with E-state index in [9.17, 15) is 0 Å². The third-order valence-electron chi connectivity index (χ3n) is 15.9. The molecule has 0 amide bonds. The summed E-state index contributed by atoms with van der Waals surface area (Å²) in [6, 6.07) is 98.2. The summed E-state index contributed by atoms with van der Waals surface area (Å²) in [6.07, 6.45) is 0. The zero-order valence-electron chi connectivity index (χ0n) is 37.8. The number of hydrogen-bond acceptors (Lipinski definition) is 1. The van der Waals surface area contributed by atoms with E-state index in [1.165, 1.54) is 110 Å². The van der Waals surface area contributed by atoms with Gasteiger partial charge in [-0.05, 0) is 147 Å². The van der Waals surface area contributed by atoms with Crippen LogP contribution in [0.2, 0.25) is 0 Å². The highest BCUT2D eigenvalue weighted by molar-refractivity contribution is 6.25. The van der Waals surface area contributed by atoms with Gasteiger partial charge in [0.25, 0.3) is 0 Å². The molecule has 0 atom stereocenters. The summed E-state index contributed by atoms with van der Waals surface area (Å²) >= 11 is 0. The van der Waals surface area contributed by atoms with Gasteiger partial charge in [-0.15, -0.1) is 0 Å². The summed E-state index contributed by atoms with van der Waals surface area (Å²) in [6.45, 7) is 0. The van der Waals surface area contributed by atoms with Crippen LogP contribution in [0.25, 0.3) is 65.7 Å². The molecule has 0 fully saturated rings. The molecule has 0 aliphatic heterocycles. The van der Waals surface area contributed by atoms with Gasteiger partial charge in [0.05, 0.1) is 10.8 Å². The molecule has 1 spiro atoms. The Hall–Kier alpha value is -8.78. The summed E-state index contributed by atoms with van der Waals surface area (Å²) in [5, 5.41) is 7.57. The Bertz CT molecular complexity index is 3850. The highest BCUT2D eigenvalue weighted by Crippen LogP contribution is 2.64. The lowest BCUT2D eigenvalue weighted by molar-refractivity contribution is 0.768. The third kappa shape index (κ3) is 5.04. The van der Waals surface area contributed by atoms with Gasteiger partial charge in [-0.1, -0.05) is 224 Å². The quantitative estimate of drug-likeness (QED) is 0.156. The number of anilines is 3. The van der Waals surface area contributed by atoms with Gasteiger partial charge in [-0.2, -0.15) is 0 Å². The molecule has 12 aromatic carbocycles. The first kappa shape index (κ1) is 38.3. The fourth-order valence-corrected chi connectivity index (χ4v) is 13.3. The summed E-state index contributed by atoms with van der Waals surface area (Å²) in [5.41, 5.74) is 20.5. The highest BCUT2D eigenvalue weighted by atomic mass is 15.1. The summed E-state index contributed by atoms with van der Waals surface area (Å²) < 4.78 is 0. The highest BCUT2D eigenvalue weighted by Gasteiger charge is 2.52. The van der Waals surface area contributed by atoms with Crippen LogP contribution in [0.1, 0.15) is 44.5 Å². The molecular weight excluding hydrogens is 831 g/mol. The van der Waals surface area contributed by atoms with Crippen LogP contribution in [0.4, 0.5) is 17.1 Å². The van der Waals surface area contributed by atoms with Gasteiger partial charge in [0.15, 0.2) is 0 Å². The summed E-state index contributed by atoms with van der Waals surface area (Å²) in [4.78, 5) is 2.54. The zero-order valence-corrected chi connectivity index (χ0v) is 37.8. The molecule has 0 bridgehead atoms. The van der Waals surface area contributed by atoms with E-state index in [1.807, 2.05) is 0 Å². The van der Waals surface area contributed by atoms with Crippen LogP contribution < -0.4 is 4.90 Å². The molecular formula is C68H43N. The Labute approximate surface area is 401 Å². The monoisotopic (exact) mass is 873 g/mol. The normalized spacial score (nSPS) is 14.0. The van der Waals surface area contributed by atoms with Gasteiger partial charge in [0.1, 0.15) is 0 Å². The maximum atomic E-state index is 2.54. The summed E-state index contributed by atoms with van der Waals surface area (Å²) in [7, 11) is 0. The first-order chi connectivity index (χ1) is 34.2. The second-order valence-electron chi connectivity index (χ2n) is 19.0. The average Bonchev–Trinajstić information content (AvgIpc) is 4.01. The minimum absolute atomic E-state index is 0.478. The predicted octanol–water partition coefficient (Wildman–Crippen LogP) is 17.3. The topological polar surface area (TPSA) is 3.24 Å². The zero-order chi connectivity index (χ0) is 45.3. The van der Waals surface area contributed by atoms with Crippen LogP contribution in [0, 0.1) is 0 Å². The van der Waals surface area contributed by atoms with Crippen LogP contribution in [-0.2, 0) is 10.8 Å². The lowest BCUT2D eigenvalue weighted by Gasteiger charge is -2.35. The van der Waals surface area contributed by atoms with Gasteiger partial charge in [0.2, 0.25) is 0 Å². The van der Waals surface area contributed by atoms with E-state index in [-0.39, 0.29) is 0 Å². The molecule has 15 rings (SSSR count). The van der Waals surface area contributed by atoms with Gasteiger partial charge >= 0.3 is 0 Å². The van der Waals surface area contributed by atoms with Crippen molar-refractivity contribution < 1.29 is 0 Å². The third-order valence-corrected chi connectivity index (χ3v) is 15.9. The molecule has 0 saturated heterocycles. The van der Waals surface area contributed by atoms with Crippen molar-refractivity contribution in [2.24, 2.45) is 0 Å². The van der Waals surface area contributed by atoms with Crippen molar-refractivity contribution in [2.75, 3.05) is 4.90 Å². The van der Waals surface area contributed by atoms with Gasteiger partial charge < -0.3 is 4.90 Å². The number of hydrogen-bond donors (Lipinski definition) is 0. The molecule has 1 heteroatoms. The maximum Gasteiger partial charge on any atom is 0.0726 e. The molecule has 0 radical (unpaired) electrons. The Morgan fingerprint density at radius 2 is 0.507 bits per heavy atom. The second-order valence-corrected chi connectivity index (χ2v) is 19.0. The Morgan fingerprint density at radius 1 is 0.203 bits per heavy atom. The van der Waals surface area contributed by atoms with E-state index in [2.05, 4.69) is 266 Å². The lowest BCUT2D eigenvalue weighted by Crippen LogP contribution is -2.28. The number of fused-ring (bicyclic) bond motifs is 19. The number of benzene rings is 12. The van der Waals surface area contributed by atoms with E-state index < -0.39 is 10.8 Å². The average molecular weight is 874 g/mol. The predicted molar refractivity (Wildman–Crippen MR) is 287 cm³/mol. The summed E-state index contributed by atoms with van der Waals surface area (Å²) in [5.74, 6) is 0. The second kappa shape index (κ2) is 14.4. The fourth-order valence-electron chi connectivity index (χ4n) is 13.3. The first-order valence-corrected chi connectivity index (χ1v) is 24.2. The van der Waals surface area contributed by atoms with Crippen molar-refractivity contribution in [1.29, 1.82) is 0 Å². The minimum Gasteiger partial charge on any atom is -0.310 e. The van der Waals surface area contributed by atoms with E-state index in [4.69, 9.17) is 0 Å². The lowest BCUT2D eigenvalue weighted by atomic mass is 9.67. The van der Waals surface area contributed by atoms with Gasteiger partial charge in [-0.3, -0.25) is 0 Å². The molecule has 12 aromatic rings. The maximum absolute atomic E-state index is 2.54. The van der Waals surface area contributed by atoms with Crippen molar-refractivity contribution in [3.8, 4) is 33.4 Å². The molecule has 320 valence electrons. The van der Waals surface area contributed by atoms with Crippen molar-refractivity contribution in [3.05, 3.63) is 305 Å². The van der Waals surface area contributed by atoms with Crippen LogP contribution >= 0.6 is 0 Å². The molecule has 0 unspecified atom stereocenters. The standard InChI is InChI=1S/C68H43N/c1-3-19-44(20-4-1)67(45-21-5-2-6-22-45)61-31-15-11-29-56(61)58-39-36-47(42-65(58)67)69(46-35-38-53-51-25-8-7-23-49(51)50-24-9-10-26-52(50)60(53)41-46)48-37-40-59-57-30-14-18-34-64(57)68(66(59)43-48)62-32-16-12-27-54(62)55-28-13-17-33-63(55)68/h1-43H. The smallest absolute Gasteiger partial charge is 0.0726 e. The largest absolute Gasteiger partial charge is 0.310 e. The molecule has 69 heavy (non-hydrogen) atoms. The van der Waals surface area contributed by atoms with Crippen LogP contribution in [0.3, 0.4) is 0 Å². The Morgan fingerprint density at radius 3 is 0.957 bits per heavy atom. The van der Waals surface area contributed by atoms with E-state index >= 15 is 0 Å². The fraction of sp³-hybridized carbons (Fsp3) is 0.0294. The Kier molecular flexibility index (Phi) is 7.98. The number of rotatable bonds is 5. The molecule has 0 aromatic heterocycles. The SMILES string of the molecule is c1ccc(C2(c3ccccc3)c3ccccc3-c3ccc(N(c4ccc5c(c4)C4(c6ccccc6-c6ccccc64)c4ccccc4-5)c4ccc5c6ccccc6c6ccccc6c5c4)cc32)cc1. The van der Waals surface area contributed by atoms with Gasteiger partial charge in [0, 0.05) is 17.1 Å². The molecule has 0 saturated carbocycles. The molecule has 0 heterocycles. The van der Waals surface area contributed by atoms with Crippen LogP contribution in [-0.4, -0.2) is 0 Å². The molecule has 0 N–H and O–H groups in total. The van der Waals surface area contributed by atoms with E-state index in [0.29, 0.717) is 0 Å². The van der Waals surface area contributed by atoms with Crippen molar-refractivity contribution in [1.82, 2.24) is 0 Å². The van der Waals surface area contributed by atoms with E-state index in [0.717, 1.165) is 17.1 Å². The molecule has 3 aliphatic rings. The first-order valence-electron chi connectivity index (χ1n) is 24.2. The van der Waals surface area contributed by atoms with Crippen molar-refractivity contribution >= 4 is 49.4 Å². The van der Waals surface area contributed by atoms with E-state index in [1.54, 1.807) is 0 Å². The molecule has 3 aliphatic carbocycles. The molecule has 1 nitrogen and oxygen atoms in total. The van der Waals surface area contributed by atoms with Gasteiger partial charge in [-0.25, -0.2) is 0 Å². The number of nitrogens with zero attached hydrogens (tertiary/aromatic N) is 1. The Balaban J connectivity index is 1.04. The van der Waals surface area contributed by atoms with Crippen molar-refractivity contribution in [2.45, 2.75) is 10.8 Å². The van der Waals surface area contributed by atoms with Crippen LogP contribution in [0.5, 0.6) is 0 Å². The van der Waals surface area contributed by atoms with Crippen LogP contribution in [0.15, 0.2) is 261 Å².